The second kappa shape index (κ2) is 6.71. The Morgan fingerprint density at radius 2 is 1.63 bits per heavy atom. The standard InChI is InChI=1S/C18H16N4O5/c1-21-17(26)14(20-16(25)10-7-12(23)9-13(24)8-10)15(19)22(18(21)27)11-5-3-2-4-6-11/h2-9,23-24H,19H2,1H3,(H,20,25). The minimum Gasteiger partial charge on any atom is -0.508 e. The number of nitrogen functional groups attached to an aromatic ring is 1. The van der Waals surface area contributed by atoms with Crippen molar-refractivity contribution < 1.29 is 15.0 Å². The first-order valence-corrected chi connectivity index (χ1v) is 7.81. The summed E-state index contributed by atoms with van der Waals surface area (Å²) < 4.78 is 1.91. The zero-order chi connectivity index (χ0) is 19.7. The summed E-state index contributed by atoms with van der Waals surface area (Å²) >= 11 is 0. The number of rotatable bonds is 3. The zero-order valence-electron chi connectivity index (χ0n) is 14.2. The Morgan fingerprint density at radius 1 is 1.04 bits per heavy atom. The Kier molecular flexibility index (Phi) is 4.43. The van der Waals surface area contributed by atoms with E-state index in [-0.39, 0.29) is 28.6 Å². The van der Waals surface area contributed by atoms with Gasteiger partial charge in [-0.1, -0.05) is 18.2 Å². The third-order valence-electron chi connectivity index (χ3n) is 3.91. The van der Waals surface area contributed by atoms with Crippen LogP contribution in [0.5, 0.6) is 11.5 Å². The molecule has 0 aliphatic carbocycles. The van der Waals surface area contributed by atoms with Crippen molar-refractivity contribution in [2.75, 3.05) is 11.1 Å². The third kappa shape index (κ3) is 3.25. The normalized spacial score (nSPS) is 10.6. The van der Waals surface area contributed by atoms with Gasteiger partial charge in [-0.15, -0.1) is 0 Å². The number of para-hydroxylation sites is 1. The number of aromatic hydroxyl groups is 2. The number of phenols is 2. The van der Waals surface area contributed by atoms with E-state index in [1.807, 2.05) is 0 Å². The number of aromatic nitrogens is 2. The van der Waals surface area contributed by atoms with Crippen LogP contribution in [0.25, 0.3) is 5.69 Å². The van der Waals surface area contributed by atoms with E-state index in [0.29, 0.717) is 5.69 Å². The number of amides is 1. The highest BCUT2D eigenvalue weighted by Crippen LogP contribution is 2.22. The van der Waals surface area contributed by atoms with Crippen LogP contribution in [0.3, 0.4) is 0 Å². The zero-order valence-corrected chi connectivity index (χ0v) is 14.2. The molecule has 5 N–H and O–H groups in total. The smallest absolute Gasteiger partial charge is 0.337 e. The molecule has 0 aliphatic rings. The van der Waals surface area contributed by atoms with Crippen molar-refractivity contribution in [2.24, 2.45) is 7.05 Å². The van der Waals surface area contributed by atoms with Gasteiger partial charge in [0, 0.05) is 18.7 Å². The first kappa shape index (κ1) is 17.8. The molecule has 0 bridgehead atoms. The summed E-state index contributed by atoms with van der Waals surface area (Å²) in [5.41, 5.74) is 4.58. The topological polar surface area (TPSA) is 140 Å². The summed E-state index contributed by atoms with van der Waals surface area (Å²) in [6.07, 6.45) is 0. The number of nitrogens with one attached hydrogen (secondary N) is 1. The van der Waals surface area contributed by atoms with Crippen molar-refractivity contribution in [2.45, 2.75) is 0 Å². The van der Waals surface area contributed by atoms with Crippen LogP contribution in [0.15, 0.2) is 58.1 Å². The van der Waals surface area contributed by atoms with Crippen LogP contribution >= 0.6 is 0 Å². The van der Waals surface area contributed by atoms with Crippen LogP contribution in [-0.4, -0.2) is 25.3 Å². The molecule has 3 rings (SSSR count). The molecule has 1 heterocycles. The Balaban J connectivity index is 2.13. The SMILES string of the molecule is Cn1c(=O)c(NC(=O)c2cc(O)cc(O)c2)c(N)n(-c2ccccc2)c1=O. The maximum Gasteiger partial charge on any atom is 0.337 e. The molecule has 1 amide bonds. The van der Waals surface area contributed by atoms with Crippen LogP contribution in [0.2, 0.25) is 0 Å². The van der Waals surface area contributed by atoms with Gasteiger partial charge in [-0.05, 0) is 24.3 Å². The van der Waals surface area contributed by atoms with E-state index in [1.165, 1.54) is 7.05 Å². The van der Waals surface area contributed by atoms with Crippen LogP contribution in [0, 0.1) is 0 Å². The van der Waals surface area contributed by atoms with Gasteiger partial charge in [-0.25, -0.2) is 9.36 Å². The molecule has 0 spiro atoms. The van der Waals surface area contributed by atoms with E-state index in [9.17, 15) is 24.6 Å². The number of anilines is 2. The Morgan fingerprint density at radius 3 is 2.22 bits per heavy atom. The number of carbonyl (C=O) groups excluding carboxylic acids is 1. The fourth-order valence-electron chi connectivity index (χ4n) is 2.59. The van der Waals surface area contributed by atoms with Crippen molar-refractivity contribution in [3.8, 4) is 17.2 Å². The number of hydrogen-bond acceptors (Lipinski definition) is 6. The van der Waals surface area contributed by atoms with Crippen LogP contribution in [0.1, 0.15) is 10.4 Å². The maximum absolute atomic E-state index is 12.5. The van der Waals surface area contributed by atoms with Crippen molar-refractivity contribution in [3.05, 3.63) is 74.9 Å². The van der Waals surface area contributed by atoms with E-state index < -0.39 is 17.2 Å². The number of phenolic OH excluding ortho intramolecular Hbond substituents is 2. The van der Waals surface area contributed by atoms with Gasteiger partial charge in [-0.2, -0.15) is 0 Å². The number of carbonyl (C=O) groups is 1. The van der Waals surface area contributed by atoms with Crippen LogP contribution < -0.4 is 22.3 Å². The summed E-state index contributed by atoms with van der Waals surface area (Å²) in [7, 11) is 1.26. The van der Waals surface area contributed by atoms with Crippen molar-refractivity contribution in [1.82, 2.24) is 9.13 Å². The van der Waals surface area contributed by atoms with Gasteiger partial charge < -0.3 is 21.3 Å². The van der Waals surface area contributed by atoms with E-state index in [2.05, 4.69) is 5.32 Å². The lowest BCUT2D eigenvalue weighted by Crippen LogP contribution is -2.40. The fourth-order valence-corrected chi connectivity index (χ4v) is 2.59. The molecule has 1 aromatic heterocycles. The summed E-state index contributed by atoms with van der Waals surface area (Å²) in [4.78, 5) is 37.4. The summed E-state index contributed by atoms with van der Waals surface area (Å²) in [6.45, 7) is 0. The van der Waals surface area contributed by atoms with Gasteiger partial charge in [0.05, 0.1) is 5.69 Å². The predicted octanol–water partition coefficient (Wildman–Crippen LogP) is 0.782. The number of nitrogens with zero attached hydrogens (tertiary/aromatic N) is 2. The molecule has 0 fully saturated rings. The molecule has 27 heavy (non-hydrogen) atoms. The van der Waals surface area contributed by atoms with E-state index >= 15 is 0 Å². The molecule has 2 aromatic carbocycles. The molecule has 3 aromatic rings. The molecule has 138 valence electrons. The van der Waals surface area contributed by atoms with Crippen molar-refractivity contribution in [3.63, 3.8) is 0 Å². The van der Waals surface area contributed by atoms with Gasteiger partial charge >= 0.3 is 5.69 Å². The minimum atomic E-state index is -0.789. The molecule has 0 saturated carbocycles. The number of hydrogen-bond donors (Lipinski definition) is 4. The van der Waals surface area contributed by atoms with E-state index in [1.54, 1.807) is 30.3 Å². The molecular weight excluding hydrogens is 352 g/mol. The second-order valence-electron chi connectivity index (χ2n) is 5.77. The van der Waals surface area contributed by atoms with Crippen LogP contribution in [-0.2, 0) is 7.05 Å². The van der Waals surface area contributed by atoms with Gasteiger partial charge in [0.15, 0.2) is 0 Å². The summed E-state index contributed by atoms with van der Waals surface area (Å²) in [5.74, 6) is -1.68. The maximum atomic E-state index is 12.5. The molecule has 9 nitrogen and oxygen atoms in total. The average molecular weight is 368 g/mol. The predicted molar refractivity (Wildman–Crippen MR) is 99.4 cm³/mol. The highest BCUT2D eigenvalue weighted by atomic mass is 16.3. The third-order valence-corrected chi connectivity index (χ3v) is 3.91. The molecule has 0 aliphatic heterocycles. The monoisotopic (exact) mass is 368 g/mol. The lowest BCUT2D eigenvalue weighted by atomic mass is 10.2. The molecular formula is C18H16N4O5. The molecule has 0 unspecified atom stereocenters. The van der Waals surface area contributed by atoms with Crippen molar-refractivity contribution >= 4 is 17.4 Å². The van der Waals surface area contributed by atoms with Crippen molar-refractivity contribution in [1.29, 1.82) is 0 Å². The first-order chi connectivity index (χ1) is 12.8. The van der Waals surface area contributed by atoms with Gasteiger partial charge in [0.2, 0.25) is 0 Å². The highest BCUT2D eigenvalue weighted by molar-refractivity contribution is 6.05. The van der Waals surface area contributed by atoms with Crippen LogP contribution in [0.4, 0.5) is 11.5 Å². The summed E-state index contributed by atoms with van der Waals surface area (Å²) in [6, 6.07) is 11.7. The molecule has 0 radical (unpaired) electrons. The van der Waals surface area contributed by atoms with E-state index in [4.69, 9.17) is 5.73 Å². The average Bonchev–Trinajstić information content (AvgIpc) is 2.63. The quantitative estimate of drug-likeness (QED) is 0.539. The largest absolute Gasteiger partial charge is 0.508 e. The van der Waals surface area contributed by atoms with Gasteiger partial charge in [0.25, 0.3) is 11.5 Å². The Labute approximate surface area is 152 Å². The highest BCUT2D eigenvalue weighted by Gasteiger charge is 2.19. The molecule has 0 saturated heterocycles. The lowest BCUT2D eigenvalue weighted by Gasteiger charge is -2.15. The fraction of sp³-hybridized carbons (Fsp3) is 0.0556. The second-order valence-corrected chi connectivity index (χ2v) is 5.77. The summed E-state index contributed by atoms with van der Waals surface area (Å²) in [5, 5.41) is 21.4. The lowest BCUT2D eigenvalue weighted by molar-refractivity contribution is 0.102. The Hall–Kier alpha value is -4.01. The Bertz CT molecular complexity index is 1130. The molecule has 0 atom stereocenters. The minimum absolute atomic E-state index is 0.0913. The van der Waals surface area contributed by atoms with Gasteiger partial charge in [-0.3, -0.25) is 14.2 Å². The van der Waals surface area contributed by atoms with Gasteiger partial charge in [0.1, 0.15) is 23.0 Å². The number of nitrogens with two attached hydrogens (primary N) is 1. The number of benzene rings is 2. The first-order valence-electron chi connectivity index (χ1n) is 7.81. The van der Waals surface area contributed by atoms with E-state index in [0.717, 1.165) is 27.3 Å². The molecule has 9 heteroatoms.